The summed E-state index contributed by atoms with van der Waals surface area (Å²) in [6.45, 7) is 4.32. The molecule has 1 heteroatoms. The van der Waals surface area contributed by atoms with Crippen molar-refractivity contribution in [3.63, 3.8) is 0 Å². The van der Waals surface area contributed by atoms with Crippen LogP contribution in [0.2, 0.25) is 0 Å². The molecule has 1 heterocycles. The zero-order valence-corrected chi connectivity index (χ0v) is 8.14. The Morgan fingerprint density at radius 3 is 2.54 bits per heavy atom. The first-order valence-corrected chi connectivity index (χ1v) is 4.80. The molecule has 2 rings (SSSR count). The molecule has 68 valence electrons. The van der Waals surface area contributed by atoms with Crippen molar-refractivity contribution >= 4 is 0 Å². The Labute approximate surface area is 79.7 Å². The van der Waals surface area contributed by atoms with Crippen LogP contribution in [-0.4, -0.2) is 10.9 Å². The van der Waals surface area contributed by atoms with Gasteiger partial charge in [-0.2, -0.15) is 0 Å². The molecule has 1 nitrogen and oxygen atoms in total. The molecular weight excluding hydrogens is 158 g/mol. The second kappa shape index (κ2) is 3.25. The fraction of sp³-hybridized carbons (Fsp3) is 0.333. The summed E-state index contributed by atoms with van der Waals surface area (Å²) < 4.78 is 0. The van der Waals surface area contributed by atoms with Gasteiger partial charge in [-0.3, -0.25) is 0 Å². The molecule has 0 saturated carbocycles. The van der Waals surface area contributed by atoms with Gasteiger partial charge in [-0.05, 0) is 25.6 Å². The lowest BCUT2D eigenvalue weighted by Gasteiger charge is -1.97. The summed E-state index contributed by atoms with van der Waals surface area (Å²) in [5.41, 5.74) is 1.42. The van der Waals surface area contributed by atoms with Crippen molar-refractivity contribution in [2.24, 2.45) is 0 Å². The van der Waals surface area contributed by atoms with Gasteiger partial charge >= 0.3 is 0 Å². The highest BCUT2D eigenvalue weighted by Gasteiger charge is 2.41. The van der Waals surface area contributed by atoms with Crippen molar-refractivity contribution < 1.29 is 0 Å². The second-order valence-electron chi connectivity index (χ2n) is 3.53. The van der Waals surface area contributed by atoms with Crippen LogP contribution < -0.4 is 0 Å². The molecule has 0 aromatic heterocycles. The maximum atomic E-state index is 2.37. The topological polar surface area (TPSA) is 3.01 Å². The van der Waals surface area contributed by atoms with Gasteiger partial charge in [0.25, 0.3) is 0 Å². The molecule has 1 fully saturated rings. The summed E-state index contributed by atoms with van der Waals surface area (Å²) >= 11 is 0. The molecule has 1 aromatic rings. The Balaban J connectivity index is 2.13. The predicted octanol–water partition coefficient (Wildman–Crippen LogP) is 2.97. The van der Waals surface area contributed by atoms with E-state index >= 15 is 0 Å². The van der Waals surface area contributed by atoms with Crippen LogP contribution in [0.15, 0.2) is 42.6 Å². The molecule has 0 spiro atoms. The number of nitrogens with zero attached hydrogens (tertiary/aromatic N) is 1. The third-order valence-electron chi connectivity index (χ3n) is 2.62. The van der Waals surface area contributed by atoms with Crippen molar-refractivity contribution in [2.75, 3.05) is 0 Å². The standard InChI is InChI=1S/C12H15N/c1-3-9-13-10(2)12(13)11-7-5-4-6-8-11/h3-10,12H,1-2H3/b9-3-/t10-,12-,13?/m0/s1. The molecule has 2 atom stereocenters. The molecule has 13 heavy (non-hydrogen) atoms. The number of allylic oxidation sites excluding steroid dienone is 1. The van der Waals surface area contributed by atoms with Gasteiger partial charge in [0.05, 0.1) is 12.1 Å². The molecule has 1 saturated heterocycles. The Kier molecular flexibility index (Phi) is 2.09. The van der Waals surface area contributed by atoms with Crippen molar-refractivity contribution in [2.45, 2.75) is 25.9 Å². The predicted molar refractivity (Wildman–Crippen MR) is 55.3 cm³/mol. The Bertz CT molecular complexity index is 302. The van der Waals surface area contributed by atoms with Crippen LogP contribution in [0.25, 0.3) is 0 Å². The van der Waals surface area contributed by atoms with Gasteiger partial charge in [0.2, 0.25) is 0 Å². The molecular formula is C12H15N. The van der Waals surface area contributed by atoms with Gasteiger partial charge in [0, 0.05) is 0 Å². The van der Waals surface area contributed by atoms with Crippen LogP contribution in [0.4, 0.5) is 0 Å². The van der Waals surface area contributed by atoms with E-state index in [2.05, 4.69) is 61.4 Å². The Hall–Kier alpha value is -1.24. The van der Waals surface area contributed by atoms with Crippen LogP contribution in [0, 0.1) is 0 Å². The number of rotatable bonds is 2. The summed E-state index contributed by atoms with van der Waals surface area (Å²) in [6.07, 6.45) is 4.27. The van der Waals surface area contributed by atoms with Crippen molar-refractivity contribution in [1.82, 2.24) is 4.90 Å². The average Bonchev–Trinajstić information content (AvgIpc) is 2.79. The minimum Gasteiger partial charge on any atom is -0.364 e. The van der Waals surface area contributed by atoms with E-state index in [9.17, 15) is 0 Å². The quantitative estimate of drug-likeness (QED) is 0.621. The zero-order valence-electron chi connectivity index (χ0n) is 8.14. The number of hydrogen-bond acceptors (Lipinski definition) is 1. The van der Waals surface area contributed by atoms with Gasteiger partial charge in [-0.1, -0.05) is 36.4 Å². The van der Waals surface area contributed by atoms with Crippen molar-refractivity contribution in [3.8, 4) is 0 Å². The lowest BCUT2D eigenvalue weighted by Crippen LogP contribution is -1.86. The first-order valence-electron chi connectivity index (χ1n) is 4.80. The van der Waals surface area contributed by atoms with E-state index in [1.807, 2.05) is 0 Å². The van der Waals surface area contributed by atoms with Crippen LogP contribution in [0.3, 0.4) is 0 Å². The molecule has 0 aliphatic carbocycles. The minimum atomic E-state index is 0.609. The van der Waals surface area contributed by atoms with E-state index in [0.29, 0.717) is 12.1 Å². The summed E-state index contributed by atoms with van der Waals surface area (Å²) in [7, 11) is 0. The van der Waals surface area contributed by atoms with E-state index in [0.717, 1.165) is 0 Å². The normalized spacial score (nSPS) is 26.8. The first kappa shape index (κ1) is 8.36. The fourth-order valence-electron chi connectivity index (χ4n) is 1.87. The summed E-state index contributed by atoms with van der Waals surface area (Å²) in [5.74, 6) is 0. The molecule has 1 aromatic carbocycles. The van der Waals surface area contributed by atoms with Gasteiger partial charge in [0.15, 0.2) is 0 Å². The van der Waals surface area contributed by atoms with Crippen molar-refractivity contribution in [1.29, 1.82) is 0 Å². The maximum Gasteiger partial charge on any atom is 0.0741 e. The zero-order chi connectivity index (χ0) is 9.26. The van der Waals surface area contributed by atoms with E-state index in [1.165, 1.54) is 5.56 Å². The molecule has 1 aliphatic rings. The highest BCUT2D eigenvalue weighted by Crippen LogP contribution is 2.42. The molecule has 1 aliphatic heterocycles. The van der Waals surface area contributed by atoms with Crippen LogP contribution in [0.1, 0.15) is 25.5 Å². The van der Waals surface area contributed by atoms with E-state index in [1.54, 1.807) is 0 Å². The fourth-order valence-corrected chi connectivity index (χ4v) is 1.87. The summed E-state index contributed by atoms with van der Waals surface area (Å²) in [4.78, 5) is 2.37. The lowest BCUT2D eigenvalue weighted by molar-refractivity contribution is 0.662. The largest absolute Gasteiger partial charge is 0.364 e. The Morgan fingerprint density at radius 1 is 1.23 bits per heavy atom. The van der Waals surface area contributed by atoms with Gasteiger partial charge in [0.1, 0.15) is 0 Å². The summed E-state index contributed by atoms with van der Waals surface area (Å²) in [5, 5.41) is 0. The highest BCUT2D eigenvalue weighted by atomic mass is 15.3. The molecule has 0 amide bonds. The summed E-state index contributed by atoms with van der Waals surface area (Å²) in [6, 6.07) is 11.9. The molecule has 0 unspecified atom stereocenters. The Morgan fingerprint density at radius 2 is 1.92 bits per heavy atom. The first-order chi connectivity index (χ1) is 6.34. The smallest absolute Gasteiger partial charge is 0.0741 e. The van der Waals surface area contributed by atoms with Crippen LogP contribution >= 0.6 is 0 Å². The molecule has 0 bridgehead atoms. The lowest BCUT2D eigenvalue weighted by atomic mass is 10.1. The number of hydrogen-bond donors (Lipinski definition) is 0. The van der Waals surface area contributed by atoms with Gasteiger partial charge in [-0.15, -0.1) is 0 Å². The van der Waals surface area contributed by atoms with Crippen LogP contribution in [0.5, 0.6) is 0 Å². The van der Waals surface area contributed by atoms with Gasteiger partial charge in [-0.25, -0.2) is 0 Å². The second-order valence-corrected chi connectivity index (χ2v) is 3.53. The maximum absolute atomic E-state index is 2.37. The van der Waals surface area contributed by atoms with E-state index in [-0.39, 0.29) is 0 Å². The monoisotopic (exact) mass is 173 g/mol. The minimum absolute atomic E-state index is 0.609. The number of benzene rings is 1. The van der Waals surface area contributed by atoms with E-state index in [4.69, 9.17) is 0 Å². The highest BCUT2D eigenvalue weighted by molar-refractivity contribution is 5.27. The third kappa shape index (κ3) is 1.46. The van der Waals surface area contributed by atoms with Crippen molar-refractivity contribution in [3.05, 3.63) is 48.2 Å². The molecule has 0 radical (unpaired) electrons. The van der Waals surface area contributed by atoms with Crippen LogP contribution in [-0.2, 0) is 0 Å². The third-order valence-corrected chi connectivity index (χ3v) is 2.62. The van der Waals surface area contributed by atoms with Gasteiger partial charge < -0.3 is 4.90 Å². The average molecular weight is 173 g/mol. The van der Waals surface area contributed by atoms with E-state index < -0.39 is 0 Å². The molecule has 0 N–H and O–H groups in total. The SMILES string of the molecule is C/C=C\N1[C@H](c2ccccc2)[C@@H]1C.